The van der Waals surface area contributed by atoms with Crippen LogP contribution in [-0.2, 0) is 23.2 Å². The number of ether oxygens (including phenoxy) is 1. The van der Waals surface area contributed by atoms with Gasteiger partial charge in [-0.05, 0) is 13.0 Å². The Hall–Kier alpha value is -1.47. The Morgan fingerprint density at radius 3 is 3.12 bits per heavy atom. The van der Waals surface area contributed by atoms with Gasteiger partial charge in [0.25, 0.3) is 0 Å². The number of nitrogens with two attached hydrogens (primary N) is 1. The second-order valence-electron chi connectivity index (χ2n) is 3.68. The zero-order chi connectivity index (χ0) is 12.5. The number of nitrogens with one attached hydrogen (secondary N) is 1. The van der Waals surface area contributed by atoms with Gasteiger partial charge in [-0.15, -0.1) is 5.10 Å². The largest absolute Gasteiger partial charge is 0.373 e. The van der Waals surface area contributed by atoms with Crippen LogP contribution in [0, 0.1) is 0 Å². The second kappa shape index (κ2) is 7.75. The smallest absolute Gasteiger partial charge is 0.220 e. The van der Waals surface area contributed by atoms with Crippen molar-refractivity contribution in [3.05, 3.63) is 11.9 Å². The Morgan fingerprint density at radius 1 is 1.65 bits per heavy atom. The molecule has 17 heavy (non-hydrogen) atoms. The molecule has 96 valence electrons. The summed E-state index contributed by atoms with van der Waals surface area (Å²) in [7, 11) is 1.80. The molecule has 0 aliphatic heterocycles. The van der Waals surface area contributed by atoms with Crippen LogP contribution in [-0.4, -0.2) is 40.6 Å². The predicted octanol–water partition coefficient (Wildman–Crippen LogP) is -0.813. The van der Waals surface area contributed by atoms with Gasteiger partial charge in [0.2, 0.25) is 5.91 Å². The van der Waals surface area contributed by atoms with Crippen LogP contribution in [0.4, 0.5) is 0 Å². The van der Waals surface area contributed by atoms with Crippen molar-refractivity contribution in [3.63, 3.8) is 0 Å². The van der Waals surface area contributed by atoms with Crippen LogP contribution in [0.1, 0.15) is 18.5 Å². The molecule has 1 rings (SSSR count). The summed E-state index contributed by atoms with van der Waals surface area (Å²) in [5.74, 6) is 0.0125. The molecule has 1 aromatic heterocycles. The molecular formula is C10H19N5O2. The second-order valence-corrected chi connectivity index (χ2v) is 3.68. The maximum atomic E-state index is 11.2. The Balaban J connectivity index is 1.99. The van der Waals surface area contributed by atoms with E-state index in [2.05, 4.69) is 15.6 Å². The lowest BCUT2D eigenvalue weighted by atomic mass is 10.3. The lowest BCUT2D eigenvalue weighted by Gasteiger charge is -2.04. The van der Waals surface area contributed by atoms with Gasteiger partial charge < -0.3 is 15.8 Å². The average Bonchev–Trinajstić information content (AvgIpc) is 2.72. The molecule has 1 heterocycles. The molecule has 7 nitrogen and oxygen atoms in total. The number of aromatic nitrogens is 3. The van der Waals surface area contributed by atoms with E-state index < -0.39 is 0 Å². The van der Waals surface area contributed by atoms with Crippen molar-refractivity contribution < 1.29 is 9.53 Å². The van der Waals surface area contributed by atoms with Crippen molar-refractivity contribution in [3.8, 4) is 0 Å². The van der Waals surface area contributed by atoms with Crippen LogP contribution < -0.4 is 11.1 Å². The van der Waals surface area contributed by atoms with Gasteiger partial charge >= 0.3 is 0 Å². The molecule has 0 spiro atoms. The molecule has 0 bridgehead atoms. The van der Waals surface area contributed by atoms with Gasteiger partial charge in [-0.3, -0.25) is 9.48 Å². The highest BCUT2D eigenvalue weighted by atomic mass is 16.5. The third-order valence-electron chi connectivity index (χ3n) is 2.08. The van der Waals surface area contributed by atoms with Crippen molar-refractivity contribution in [2.75, 3.05) is 19.7 Å². The average molecular weight is 241 g/mol. The van der Waals surface area contributed by atoms with Gasteiger partial charge in [-0.2, -0.15) is 0 Å². The van der Waals surface area contributed by atoms with Crippen LogP contribution >= 0.6 is 0 Å². The molecule has 3 N–H and O–H groups in total. The first-order valence-corrected chi connectivity index (χ1v) is 5.62. The van der Waals surface area contributed by atoms with Crippen LogP contribution in [0.2, 0.25) is 0 Å². The molecule has 7 heteroatoms. The summed E-state index contributed by atoms with van der Waals surface area (Å²) in [6.07, 6.45) is 2.98. The van der Waals surface area contributed by atoms with Crippen LogP contribution in [0.15, 0.2) is 6.20 Å². The lowest BCUT2D eigenvalue weighted by molar-refractivity contribution is -0.121. The number of carbonyl (C=O) groups excluding carboxylic acids is 1. The van der Waals surface area contributed by atoms with Crippen molar-refractivity contribution >= 4 is 5.91 Å². The highest BCUT2D eigenvalue weighted by molar-refractivity contribution is 5.75. The minimum Gasteiger partial charge on any atom is -0.373 e. The fraction of sp³-hybridized carbons (Fsp3) is 0.700. The fourth-order valence-corrected chi connectivity index (χ4v) is 1.25. The van der Waals surface area contributed by atoms with Crippen molar-refractivity contribution in [2.45, 2.75) is 19.4 Å². The summed E-state index contributed by atoms with van der Waals surface area (Å²) in [5.41, 5.74) is 6.08. The monoisotopic (exact) mass is 241 g/mol. The molecule has 0 fully saturated rings. The SMILES string of the molecule is Cn1cc(COCCNC(=O)CCCN)nn1. The van der Waals surface area contributed by atoms with E-state index >= 15 is 0 Å². The Morgan fingerprint density at radius 2 is 2.47 bits per heavy atom. The van der Waals surface area contributed by atoms with E-state index in [0.29, 0.717) is 39.1 Å². The van der Waals surface area contributed by atoms with E-state index in [-0.39, 0.29) is 5.91 Å². The number of carbonyl (C=O) groups is 1. The number of aryl methyl sites for hydroxylation is 1. The molecule has 0 saturated heterocycles. The van der Waals surface area contributed by atoms with Crippen LogP contribution in [0.5, 0.6) is 0 Å². The predicted molar refractivity (Wildman–Crippen MR) is 62.0 cm³/mol. The van der Waals surface area contributed by atoms with E-state index in [1.807, 2.05) is 0 Å². The van der Waals surface area contributed by atoms with E-state index in [0.717, 1.165) is 5.69 Å². The van der Waals surface area contributed by atoms with E-state index in [9.17, 15) is 4.79 Å². The van der Waals surface area contributed by atoms with E-state index in [1.54, 1.807) is 17.9 Å². The lowest BCUT2D eigenvalue weighted by Crippen LogP contribution is -2.27. The summed E-state index contributed by atoms with van der Waals surface area (Å²) in [5, 5.41) is 10.4. The summed E-state index contributed by atoms with van der Waals surface area (Å²) in [4.78, 5) is 11.2. The summed E-state index contributed by atoms with van der Waals surface area (Å²) >= 11 is 0. The Kier molecular flexibility index (Phi) is 6.19. The van der Waals surface area contributed by atoms with Crippen LogP contribution in [0.3, 0.4) is 0 Å². The normalized spacial score (nSPS) is 10.5. The Labute approximate surface area is 100 Å². The summed E-state index contributed by atoms with van der Waals surface area (Å²) < 4.78 is 6.95. The highest BCUT2D eigenvalue weighted by Gasteiger charge is 2.00. The van der Waals surface area contributed by atoms with Gasteiger partial charge in [0, 0.05) is 20.0 Å². The van der Waals surface area contributed by atoms with Gasteiger partial charge in [-0.25, -0.2) is 0 Å². The zero-order valence-electron chi connectivity index (χ0n) is 10.1. The summed E-state index contributed by atoms with van der Waals surface area (Å²) in [6.45, 7) is 1.91. The van der Waals surface area contributed by atoms with Crippen LogP contribution in [0.25, 0.3) is 0 Å². The molecular weight excluding hydrogens is 222 g/mol. The van der Waals surface area contributed by atoms with Gasteiger partial charge in [0.1, 0.15) is 5.69 Å². The molecule has 1 amide bonds. The molecule has 1 aromatic rings. The zero-order valence-corrected chi connectivity index (χ0v) is 10.1. The summed E-state index contributed by atoms with van der Waals surface area (Å²) in [6, 6.07) is 0. The first kappa shape index (κ1) is 13.6. The fourth-order valence-electron chi connectivity index (χ4n) is 1.25. The van der Waals surface area contributed by atoms with Gasteiger partial charge in [0.05, 0.1) is 19.4 Å². The van der Waals surface area contributed by atoms with Gasteiger partial charge in [-0.1, -0.05) is 5.21 Å². The number of hydrogen-bond acceptors (Lipinski definition) is 5. The number of amides is 1. The molecule has 0 aliphatic carbocycles. The molecule has 0 aromatic carbocycles. The maximum absolute atomic E-state index is 11.2. The third-order valence-corrected chi connectivity index (χ3v) is 2.08. The quantitative estimate of drug-likeness (QED) is 0.580. The highest BCUT2D eigenvalue weighted by Crippen LogP contribution is 1.93. The minimum absolute atomic E-state index is 0.0125. The third kappa shape index (κ3) is 5.98. The standard InChI is InChI=1S/C10H19N5O2/c1-15-7-9(13-14-15)8-17-6-5-12-10(16)3-2-4-11/h7H,2-6,8,11H2,1H3,(H,12,16). The first-order valence-electron chi connectivity index (χ1n) is 5.62. The minimum atomic E-state index is 0.0125. The van der Waals surface area contributed by atoms with Crippen molar-refractivity contribution in [1.29, 1.82) is 0 Å². The number of hydrogen-bond donors (Lipinski definition) is 2. The molecule has 0 radical (unpaired) electrons. The molecule has 0 saturated carbocycles. The van der Waals surface area contributed by atoms with Crippen molar-refractivity contribution in [1.82, 2.24) is 20.3 Å². The number of nitrogens with zero attached hydrogens (tertiary/aromatic N) is 3. The number of rotatable bonds is 8. The molecule has 0 atom stereocenters. The van der Waals surface area contributed by atoms with E-state index in [1.165, 1.54) is 0 Å². The molecule has 0 aliphatic rings. The van der Waals surface area contributed by atoms with E-state index in [4.69, 9.17) is 10.5 Å². The van der Waals surface area contributed by atoms with Crippen molar-refractivity contribution in [2.24, 2.45) is 12.8 Å². The maximum Gasteiger partial charge on any atom is 0.220 e. The van der Waals surface area contributed by atoms with Gasteiger partial charge in [0.15, 0.2) is 0 Å². The first-order chi connectivity index (χ1) is 8.22. The topological polar surface area (TPSA) is 95.1 Å². The molecule has 0 unspecified atom stereocenters. The Bertz CT molecular complexity index is 339.